The van der Waals surface area contributed by atoms with E-state index in [1.165, 1.54) is 16.1 Å². The fourth-order valence-corrected chi connectivity index (χ4v) is 4.82. The van der Waals surface area contributed by atoms with Gasteiger partial charge in [0.25, 0.3) is 0 Å². The number of aromatic nitrogens is 2. The average Bonchev–Trinajstić information content (AvgIpc) is 3.17. The molecule has 4 rings (SSSR count). The molecule has 0 saturated carbocycles. The Kier molecular flexibility index (Phi) is 4.77. The molecule has 144 valence electrons. The second-order valence-electron chi connectivity index (χ2n) is 7.31. The minimum atomic E-state index is -3.23. The summed E-state index contributed by atoms with van der Waals surface area (Å²) in [6.45, 7) is 1.88. The first-order valence-corrected chi connectivity index (χ1v) is 11.1. The molecule has 0 saturated heterocycles. The van der Waals surface area contributed by atoms with Crippen molar-refractivity contribution in [2.24, 2.45) is 0 Å². The molecule has 1 amide bonds. The predicted molar refractivity (Wildman–Crippen MR) is 101 cm³/mol. The van der Waals surface area contributed by atoms with Crippen LogP contribution in [0.25, 0.3) is 0 Å². The van der Waals surface area contributed by atoms with Crippen LogP contribution in [0, 0.1) is 0 Å². The Hall–Kier alpha value is -2.19. The molecule has 1 aromatic carbocycles. The molecule has 2 heterocycles. The minimum Gasteiger partial charge on any atom is -0.350 e. The lowest BCUT2D eigenvalue weighted by Crippen LogP contribution is -2.29. The number of nitrogens with zero attached hydrogens (tertiary/aromatic N) is 3. The highest BCUT2D eigenvalue weighted by molar-refractivity contribution is 7.88. The lowest BCUT2D eigenvalue weighted by atomic mass is 10.0. The van der Waals surface area contributed by atoms with E-state index in [-0.39, 0.29) is 11.8 Å². The first-order chi connectivity index (χ1) is 12.9. The van der Waals surface area contributed by atoms with Gasteiger partial charge in [0, 0.05) is 13.1 Å². The summed E-state index contributed by atoms with van der Waals surface area (Å²) in [5.74, 6) is -0.0664. The molecule has 1 unspecified atom stereocenters. The van der Waals surface area contributed by atoms with Crippen molar-refractivity contribution in [3.05, 3.63) is 52.8 Å². The van der Waals surface area contributed by atoms with E-state index in [1.807, 2.05) is 28.9 Å². The number of hydrogen-bond donors (Lipinski definition) is 1. The van der Waals surface area contributed by atoms with Crippen molar-refractivity contribution in [3.8, 4) is 0 Å². The molecule has 8 heteroatoms. The summed E-state index contributed by atoms with van der Waals surface area (Å²) in [5.41, 5.74) is 4.01. The van der Waals surface area contributed by atoms with Crippen molar-refractivity contribution < 1.29 is 13.2 Å². The van der Waals surface area contributed by atoms with Gasteiger partial charge >= 0.3 is 0 Å². The summed E-state index contributed by atoms with van der Waals surface area (Å²) in [6, 6.07) is 10.0. The van der Waals surface area contributed by atoms with Crippen LogP contribution in [-0.2, 0) is 40.9 Å². The van der Waals surface area contributed by atoms with E-state index in [2.05, 4.69) is 16.5 Å². The van der Waals surface area contributed by atoms with Crippen LogP contribution >= 0.6 is 0 Å². The normalized spacial score (nSPS) is 20.0. The van der Waals surface area contributed by atoms with E-state index in [0.717, 1.165) is 36.2 Å². The van der Waals surface area contributed by atoms with Crippen molar-refractivity contribution in [2.45, 2.75) is 44.8 Å². The molecule has 1 aromatic heterocycles. The molecular formula is C19H24N4O3S. The zero-order chi connectivity index (χ0) is 19.0. The van der Waals surface area contributed by atoms with Crippen LogP contribution in [0.15, 0.2) is 30.3 Å². The zero-order valence-corrected chi connectivity index (χ0v) is 16.2. The van der Waals surface area contributed by atoms with Crippen LogP contribution in [0.3, 0.4) is 0 Å². The van der Waals surface area contributed by atoms with Gasteiger partial charge in [-0.25, -0.2) is 8.42 Å². The number of aryl methyl sites for hydroxylation is 2. The Morgan fingerprint density at radius 1 is 1.30 bits per heavy atom. The molecule has 1 aliphatic carbocycles. The lowest BCUT2D eigenvalue weighted by molar-refractivity contribution is -0.122. The molecular weight excluding hydrogens is 364 g/mol. The molecule has 2 aromatic rings. The summed E-state index contributed by atoms with van der Waals surface area (Å²) in [7, 11) is -3.23. The highest BCUT2D eigenvalue weighted by Gasteiger charge is 2.28. The highest BCUT2D eigenvalue weighted by atomic mass is 32.2. The molecule has 1 atom stereocenters. The Balaban J connectivity index is 1.42. The van der Waals surface area contributed by atoms with Gasteiger partial charge < -0.3 is 5.32 Å². The van der Waals surface area contributed by atoms with Crippen molar-refractivity contribution in [1.29, 1.82) is 0 Å². The maximum absolute atomic E-state index is 12.6. The topological polar surface area (TPSA) is 84.3 Å². The summed E-state index contributed by atoms with van der Waals surface area (Å²) >= 11 is 0. The third-order valence-electron chi connectivity index (χ3n) is 5.39. The molecule has 0 bridgehead atoms. The third kappa shape index (κ3) is 3.77. The van der Waals surface area contributed by atoms with Crippen LogP contribution in [0.4, 0.5) is 0 Å². The Morgan fingerprint density at radius 2 is 2.11 bits per heavy atom. The number of hydrogen-bond acceptors (Lipinski definition) is 4. The summed E-state index contributed by atoms with van der Waals surface area (Å²) in [6.07, 6.45) is 3.74. The smallest absolute Gasteiger partial charge is 0.227 e. The number of amides is 1. The number of carbonyl (C=O) groups is 1. The van der Waals surface area contributed by atoms with E-state index < -0.39 is 10.0 Å². The van der Waals surface area contributed by atoms with Gasteiger partial charge in [-0.2, -0.15) is 9.40 Å². The Bertz CT molecular complexity index is 967. The molecule has 2 aliphatic rings. The predicted octanol–water partition coefficient (Wildman–Crippen LogP) is 1.39. The zero-order valence-electron chi connectivity index (χ0n) is 15.4. The molecule has 1 aliphatic heterocycles. The van der Waals surface area contributed by atoms with E-state index >= 15 is 0 Å². The Labute approximate surface area is 159 Å². The van der Waals surface area contributed by atoms with Gasteiger partial charge in [-0.1, -0.05) is 24.3 Å². The molecule has 0 spiro atoms. The van der Waals surface area contributed by atoms with Crippen LogP contribution < -0.4 is 5.32 Å². The minimum absolute atomic E-state index is 0.0286. The number of fused-ring (bicyclic) bond motifs is 2. The number of sulfonamides is 1. The summed E-state index contributed by atoms with van der Waals surface area (Å²) in [5, 5.41) is 7.55. The average molecular weight is 388 g/mol. The maximum atomic E-state index is 12.6. The number of benzene rings is 1. The lowest BCUT2D eigenvalue weighted by Gasteiger charge is -2.16. The van der Waals surface area contributed by atoms with Crippen LogP contribution in [0.5, 0.6) is 0 Å². The fourth-order valence-electron chi connectivity index (χ4n) is 3.99. The maximum Gasteiger partial charge on any atom is 0.227 e. The van der Waals surface area contributed by atoms with Gasteiger partial charge in [0.1, 0.15) is 0 Å². The first-order valence-electron chi connectivity index (χ1n) is 9.28. The number of carbonyl (C=O) groups excluding carboxylic acids is 1. The second-order valence-corrected chi connectivity index (χ2v) is 9.29. The van der Waals surface area contributed by atoms with Gasteiger partial charge in [-0.05, 0) is 36.5 Å². The molecule has 1 N–H and O–H groups in total. The molecule has 7 nitrogen and oxygen atoms in total. The van der Waals surface area contributed by atoms with Gasteiger partial charge in [-0.3, -0.25) is 9.48 Å². The van der Waals surface area contributed by atoms with E-state index in [0.29, 0.717) is 26.2 Å². The fraction of sp³-hybridized carbons (Fsp3) is 0.474. The van der Waals surface area contributed by atoms with Gasteiger partial charge in [0.2, 0.25) is 15.9 Å². The first kappa shape index (κ1) is 18.2. The van der Waals surface area contributed by atoms with Crippen molar-refractivity contribution in [2.75, 3.05) is 12.8 Å². The summed E-state index contributed by atoms with van der Waals surface area (Å²) in [4.78, 5) is 12.6. The molecule has 27 heavy (non-hydrogen) atoms. The van der Waals surface area contributed by atoms with Gasteiger partial charge in [0.05, 0.1) is 36.7 Å². The van der Waals surface area contributed by atoms with Crippen LogP contribution in [-0.4, -0.2) is 41.2 Å². The quantitative estimate of drug-likeness (QED) is 0.858. The second kappa shape index (κ2) is 7.09. The number of nitrogens with one attached hydrogen (secondary N) is 1. The molecule has 0 fully saturated rings. The SMILES string of the molecule is CS(=O)(=O)N1CCCn2nc(CNC(=O)C3CCc4ccccc43)cc2C1. The van der Waals surface area contributed by atoms with Crippen molar-refractivity contribution in [3.63, 3.8) is 0 Å². The van der Waals surface area contributed by atoms with Gasteiger partial charge in [0.15, 0.2) is 0 Å². The molecule has 0 radical (unpaired) electrons. The number of rotatable bonds is 4. The van der Waals surface area contributed by atoms with Crippen molar-refractivity contribution >= 4 is 15.9 Å². The van der Waals surface area contributed by atoms with E-state index in [4.69, 9.17) is 0 Å². The van der Waals surface area contributed by atoms with E-state index in [1.54, 1.807) is 0 Å². The summed E-state index contributed by atoms with van der Waals surface area (Å²) < 4.78 is 27.1. The van der Waals surface area contributed by atoms with Crippen LogP contribution in [0.2, 0.25) is 0 Å². The van der Waals surface area contributed by atoms with Crippen LogP contribution in [0.1, 0.15) is 41.3 Å². The monoisotopic (exact) mass is 388 g/mol. The standard InChI is InChI=1S/C19H24N4O3S/c1-27(25,26)22-9-4-10-23-16(13-22)11-15(21-23)12-20-19(24)18-8-7-14-5-2-3-6-17(14)18/h2-3,5-6,11,18H,4,7-10,12-13H2,1H3,(H,20,24). The highest BCUT2D eigenvalue weighted by Crippen LogP contribution is 2.32. The van der Waals surface area contributed by atoms with Gasteiger partial charge in [-0.15, -0.1) is 0 Å². The van der Waals surface area contributed by atoms with Crippen molar-refractivity contribution in [1.82, 2.24) is 19.4 Å². The van der Waals surface area contributed by atoms with E-state index in [9.17, 15) is 13.2 Å². The largest absolute Gasteiger partial charge is 0.350 e. The Morgan fingerprint density at radius 3 is 2.93 bits per heavy atom. The third-order valence-corrected chi connectivity index (χ3v) is 6.64.